The van der Waals surface area contributed by atoms with E-state index in [-0.39, 0.29) is 25.1 Å². The molecule has 1 saturated carbocycles. The number of carbonyl (C=O) groups is 1. The molecule has 5 atom stereocenters. The summed E-state index contributed by atoms with van der Waals surface area (Å²) in [6.45, 7) is -0.322. The van der Waals surface area contributed by atoms with Crippen molar-refractivity contribution in [3.05, 3.63) is 45.7 Å². The number of carboxylic acid groups (broad SMARTS) is 1. The van der Waals surface area contributed by atoms with Crippen LogP contribution in [0.3, 0.4) is 0 Å². The van der Waals surface area contributed by atoms with E-state index in [1.165, 1.54) is 0 Å². The van der Waals surface area contributed by atoms with E-state index in [0.29, 0.717) is 16.5 Å². The highest BCUT2D eigenvalue weighted by molar-refractivity contribution is 5.90. The molecule has 1 aromatic carbocycles. The minimum atomic E-state index is -1.38. The molecule has 8 heteroatoms. The first-order chi connectivity index (χ1) is 12.3. The summed E-state index contributed by atoms with van der Waals surface area (Å²) in [6.07, 6.45) is -3.25. The lowest BCUT2D eigenvalue weighted by molar-refractivity contribution is -0.141. The number of H-pyrrole nitrogens is 1. The average Bonchev–Trinajstić information content (AvgIpc) is 2.62. The Morgan fingerprint density at radius 2 is 1.81 bits per heavy atom. The van der Waals surface area contributed by atoms with Gasteiger partial charge in [-0.15, -0.1) is 0 Å². The molecule has 0 radical (unpaired) electrons. The number of aromatic amines is 1. The standard InChI is InChI=1S/C18H21NO7/c20-7-10-5-9(15(22)17(24)16(10)23)4-8-2-1-3-11-13(21)6-12(18(25)26)19-14(8)11/h1-3,6,9-10,15-17,20,22-24H,4-5,7H2,(H,19,21)(H,25,26)/t9-,10?,15?,16-,17?/m1/s1. The molecular formula is C18H21NO7. The maximum Gasteiger partial charge on any atom is 0.352 e. The number of pyridine rings is 1. The first-order valence-corrected chi connectivity index (χ1v) is 8.36. The molecule has 3 rings (SSSR count). The van der Waals surface area contributed by atoms with Gasteiger partial charge in [0.2, 0.25) is 0 Å². The zero-order valence-corrected chi connectivity index (χ0v) is 13.9. The predicted octanol–water partition coefficient (Wildman–Crippen LogP) is -0.520. The van der Waals surface area contributed by atoms with Gasteiger partial charge in [0.1, 0.15) is 11.8 Å². The molecule has 0 saturated heterocycles. The van der Waals surface area contributed by atoms with Crippen molar-refractivity contribution in [2.24, 2.45) is 11.8 Å². The Kier molecular flexibility index (Phi) is 5.10. The van der Waals surface area contributed by atoms with E-state index in [0.717, 1.165) is 6.07 Å². The fourth-order valence-electron chi connectivity index (χ4n) is 3.71. The summed E-state index contributed by atoms with van der Waals surface area (Å²) in [4.78, 5) is 26.1. The van der Waals surface area contributed by atoms with Gasteiger partial charge in [0.05, 0.1) is 17.7 Å². The van der Waals surface area contributed by atoms with Gasteiger partial charge in [0.25, 0.3) is 0 Å². The molecule has 1 aliphatic rings. The summed E-state index contributed by atoms with van der Waals surface area (Å²) in [5.41, 5.74) is 0.325. The van der Waals surface area contributed by atoms with Crippen LogP contribution >= 0.6 is 0 Å². The number of hydrogen-bond acceptors (Lipinski definition) is 6. The number of aromatic nitrogens is 1. The second kappa shape index (κ2) is 7.16. The number of rotatable bonds is 4. The normalized spacial score (nSPS) is 29.0. The lowest BCUT2D eigenvalue weighted by Crippen LogP contribution is -2.52. The van der Waals surface area contributed by atoms with Crippen molar-refractivity contribution < 1.29 is 30.3 Å². The maximum atomic E-state index is 12.2. The van der Waals surface area contributed by atoms with E-state index in [4.69, 9.17) is 5.11 Å². The monoisotopic (exact) mass is 363 g/mol. The molecular weight excluding hydrogens is 342 g/mol. The molecule has 2 aromatic rings. The fraction of sp³-hybridized carbons (Fsp3) is 0.444. The van der Waals surface area contributed by atoms with Gasteiger partial charge in [-0.1, -0.05) is 12.1 Å². The lowest BCUT2D eigenvalue weighted by Gasteiger charge is -2.40. The highest BCUT2D eigenvalue weighted by Gasteiger charge is 2.42. The summed E-state index contributed by atoms with van der Waals surface area (Å²) in [5.74, 6) is -2.29. The maximum absolute atomic E-state index is 12.2. The molecule has 0 spiro atoms. The van der Waals surface area contributed by atoms with Crippen LogP contribution in [0.4, 0.5) is 0 Å². The Hall–Kier alpha value is -2.26. The molecule has 1 aliphatic carbocycles. The Balaban J connectivity index is 2.00. The Labute approximate surface area is 148 Å². The number of nitrogens with one attached hydrogen (secondary N) is 1. The topological polar surface area (TPSA) is 151 Å². The van der Waals surface area contributed by atoms with Crippen LogP contribution in [0.25, 0.3) is 10.9 Å². The van der Waals surface area contributed by atoms with E-state index < -0.39 is 41.5 Å². The molecule has 0 amide bonds. The third kappa shape index (κ3) is 3.24. The quantitative estimate of drug-likeness (QED) is 0.428. The van der Waals surface area contributed by atoms with Crippen molar-refractivity contribution in [3.63, 3.8) is 0 Å². The number of benzene rings is 1. The lowest BCUT2D eigenvalue weighted by atomic mass is 9.73. The summed E-state index contributed by atoms with van der Waals surface area (Å²) in [5, 5.41) is 49.1. The van der Waals surface area contributed by atoms with Crippen LogP contribution in [-0.4, -0.2) is 61.4 Å². The summed E-state index contributed by atoms with van der Waals surface area (Å²) >= 11 is 0. The highest BCUT2D eigenvalue weighted by atomic mass is 16.4. The number of hydrogen-bond donors (Lipinski definition) is 6. The number of carboxylic acids is 1. The molecule has 140 valence electrons. The van der Waals surface area contributed by atoms with Crippen molar-refractivity contribution in [2.45, 2.75) is 31.2 Å². The molecule has 0 bridgehead atoms. The van der Waals surface area contributed by atoms with E-state index in [2.05, 4.69) is 4.98 Å². The fourth-order valence-corrected chi connectivity index (χ4v) is 3.71. The van der Waals surface area contributed by atoms with Crippen molar-refractivity contribution in [3.8, 4) is 0 Å². The molecule has 1 aromatic heterocycles. The second-order valence-electron chi connectivity index (χ2n) is 6.81. The molecule has 1 fully saturated rings. The van der Waals surface area contributed by atoms with E-state index >= 15 is 0 Å². The number of aliphatic hydroxyl groups is 4. The van der Waals surface area contributed by atoms with Crippen LogP contribution in [-0.2, 0) is 6.42 Å². The number of aromatic carboxylic acids is 1. The van der Waals surface area contributed by atoms with Crippen LogP contribution < -0.4 is 5.43 Å². The molecule has 3 unspecified atom stereocenters. The summed E-state index contributed by atoms with van der Waals surface area (Å²) in [7, 11) is 0. The first kappa shape index (κ1) is 18.5. The highest BCUT2D eigenvalue weighted by Crippen LogP contribution is 2.33. The average molecular weight is 363 g/mol. The third-order valence-corrected chi connectivity index (χ3v) is 5.17. The van der Waals surface area contributed by atoms with Gasteiger partial charge in [-0.2, -0.15) is 0 Å². The van der Waals surface area contributed by atoms with Gasteiger partial charge in [0, 0.05) is 24.0 Å². The largest absolute Gasteiger partial charge is 0.477 e. The van der Waals surface area contributed by atoms with Gasteiger partial charge in [-0.25, -0.2) is 4.79 Å². The van der Waals surface area contributed by atoms with E-state index in [1.807, 2.05) is 0 Å². The van der Waals surface area contributed by atoms with Crippen molar-refractivity contribution in [1.29, 1.82) is 0 Å². The SMILES string of the molecule is O=C(O)c1cc(=O)c2cccc(C[C@@H]3CC(CO)[C@@H](O)C(O)C3O)c2[nH]1. The van der Waals surface area contributed by atoms with E-state index in [1.54, 1.807) is 18.2 Å². The van der Waals surface area contributed by atoms with E-state index in [9.17, 15) is 30.0 Å². The molecule has 6 N–H and O–H groups in total. The Bertz CT molecular complexity index is 875. The van der Waals surface area contributed by atoms with Gasteiger partial charge >= 0.3 is 5.97 Å². The van der Waals surface area contributed by atoms with Gasteiger partial charge in [-0.05, 0) is 30.4 Å². The molecule has 1 heterocycles. The van der Waals surface area contributed by atoms with Crippen LogP contribution in [0.15, 0.2) is 29.1 Å². The van der Waals surface area contributed by atoms with Crippen molar-refractivity contribution >= 4 is 16.9 Å². The zero-order valence-electron chi connectivity index (χ0n) is 13.9. The minimum absolute atomic E-state index is 0.233. The number of aliphatic hydroxyl groups excluding tert-OH is 4. The van der Waals surface area contributed by atoms with Gasteiger partial charge in [-0.3, -0.25) is 4.79 Å². The number of para-hydroxylation sites is 1. The predicted molar refractivity (Wildman–Crippen MR) is 91.9 cm³/mol. The number of fused-ring (bicyclic) bond motifs is 1. The van der Waals surface area contributed by atoms with Crippen molar-refractivity contribution in [1.82, 2.24) is 4.98 Å². The summed E-state index contributed by atoms with van der Waals surface area (Å²) in [6, 6.07) is 5.97. The van der Waals surface area contributed by atoms with Gasteiger partial charge in [0.15, 0.2) is 5.43 Å². The minimum Gasteiger partial charge on any atom is -0.477 e. The second-order valence-corrected chi connectivity index (χ2v) is 6.81. The molecule has 26 heavy (non-hydrogen) atoms. The van der Waals surface area contributed by atoms with Crippen molar-refractivity contribution in [2.75, 3.05) is 6.61 Å². The smallest absolute Gasteiger partial charge is 0.352 e. The first-order valence-electron chi connectivity index (χ1n) is 8.36. The molecule has 0 aliphatic heterocycles. The molecule has 8 nitrogen and oxygen atoms in total. The van der Waals surface area contributed by atoms with Crippen LogP contribution in [0, 0.1) is 11.8 Å². The third-order valence-electron chi connectivity index (χ3n) is 5.17. The van der Waals surface area contributed by atoms with Gasteiger partial charge < -0.3 is 30.5 Å². The van der Waals surface area contributed by atoms with Crippen LogP contribution in [0.1, 0.15) is 22.5 Å². The van der Waals surface area contributed by atoms with Crippen LogP contribution in [0.5, 0.6) is 0 Å². The summed E-state index contributed by atoms with van der Waals surface area (Å²) < 4.78 is 0. The Morgan fingerprint density at radius 1 is 1.12 bits per heavy atom. The zero-order chi connectivity index (χ0) is 19.0. The Morgan fingerprint density at radius 3 is 2.46 bits per heavy atom. The van der Waals surface area contributed by atoms with Crippen LogP contribution in [0.2, 0.25) is 0 Å².